The van der Waals surface area contributed by atoms with Crippen LogP contribution in [0, 0.1) is 24.1 Å². The van der Waals surface area contributed by atoms with E-state index in [1.165, 1.54) is 30.3 Å². The summed E-state index contributed by atoms with van der Waals surface area (Å²) in [5, 5.41) is 8.70. The molecule has 0 aliphatic heterocycles. The number of halogens is 2. The molecule has 0 aromatic heterocycles. The quantitative estimate of drug-likeness (QED) is 0.899. The first-order valence-corrected chi connectivity index (χ1v) is 8.10. The highest BCUT2D eigenvalue weighted by Crippen LogP contribution is 2.26. The molecule has 0 aliphatic rings. The third kappa shape index (κ3) is 3.40. The molecule has 1 N–H and O–H groups in total. The van der Waals surface area contributed by atoms with E-state index in [0.29, 0.717) is 11.1 Å². The fourth-order valence-electron chi connectivity index (χ4n) is 1.67. The van der Waals surface area contributed by atoms with Crippen molar-refractivity contribution in [3.8, 4) is 6.07 Å². The highest BCUT2D eigenvalue weighted by atomic mass is 79.9. The average Bonchev–Trinajstić information content (AvgIpc) is 2.44. The minimum atomic E-state index is -3.83. The van der Waals surface area contributed by atoms with E-state index in [1.807, 2.05) is 6.07 Å². The van der Waals surface area contributed by atoms with Crippen LogP contribution >= 0.6 is 15.9 Å². The van der Waals surface area contributed by atoms with Crippen LogP contribution in [0.25, 0.3) is 0 Å². The van der Waals surface area contributed by atoms with E-state index in [9.17, 15) is 12.8 Å². The second-order valence-electron chi connectivity index (χ2n) is 4.32. The van der Waals surface area contributed by atoms with E-state index in [2.05, 4.69) is 20.7 Å². The van der Waals surface area contributed by atoms with E-state index < -0.39 is 15.8 Å². The smallest absolute Gasteiger partial charge is 0.261 e. The SMILES string of the molecule is Cc1cc(Br)c(F)cc1NS(=O)(=O)c1ccc(C#N)cc1. The molecule has 0 amide bonds. The first-order chi connectivity index (χ1) is 9.83. The van der Waals surface area contributed by atoms with Gasteiger partial charge in [-0.25, -0.2) is 12.8 Å². The Kier molecular flexibility index (Phi) is 4.30. The largest absolute Gasteiger partial charge is 0.279 e. The molecule has 0 unspecified atom stereocenters. The Labute approximate surface area is 130 Å². The lowest BCUT2D eigenvalue weighted by Crippen LogP contribution is -2.14. The number of hydrogen-bond acceptors (Lipinski definition) is 3. The Morgan fingerprint density at radius 1 is 1.24 bits per heavy atom. The van der Waals surface area contributed by atoms with Crippen molar-refractivity contribution in [2.75, 3.05) is 4.72 Å². The molecule has 0 saturated carbocycles. The topological polar surface area (TPSA) is 70.0 Å². The van der Waals surface area contributed by atoms with Gasteiger partial charge >= 0.3 is 0 Å². The Bertz CT molecular complexity index is 827. The average molecular weight is 369 g/mol. The van der Waals surface area contributed by atoms with Gasteiger partial charge in [0.05, 0.1) is 26.7 Å². The van der Waals surface area contributed by atoms with Crippen LogP contribution in [-0.4, -0.2) is 8.42 Å². The van der Waals surface area contributed by atoms with E-state index in [0.717, 1.165) is 6.07 Å². The standard InChI is InChI=1S/C14H10BrFN2O2S/c1-9-6-12(15)13(16)7-14(9)18-21(19,20)11-4-2-10(8-17)3-5-11/h2-7,18H,1H3. The Morgan fingerprint density at radius 3 is 2.43 bits per heavy atom. The summed E-state index contributed by atoms with van der Waals surface area (Å²) in [4.78, 5) is 0.00391. The van der Waals surface area contributed by atoms with E-state index in [1.54, 1.807) is 6.92 Å². The van der Waals surface area contributed by atoms with Gasteiger partial charge < -0.3 is 0 Å². The van der Waals surface area contributed by atoms with Crippen LogP contribution in [0.2, 0.25) is 0 Å². The third-order valence-corrected chi connectivity index (χ3v) is 4.79. The lowest BCUT2D eigenvalue weighted by Gasteiger charge is -2.11. The zero-order valence-electron chi connectivity index (χ0n) is 10.9. The summed E-state index contributed by atoms with van der Waals surface area (Å²) in [5.74, 6) is -0.557. The van der Waals surface area contributed by atoms with Gasteiger partial charge in [-0.15, -0.1) is 0 Å². The van der Waals surface area contributed by atoms with Gasteiger partial charge in [0.1, 0.15) is 5.82 Å². The number of aryl methyl sites for hydroxylation is 1. The molecule has 2 aromatic rings. The molecule has 21 heavy (non-hydrogen) atoms. The molecule has 7 heteroatoms. The van der Waals surface area contributed by atoms with E-state index in [4.69, 9.17) is 5.26 Å². The Hall–Kier alpha value is -1.91. The zero-order valence-corrected chi connectivity index (χ0v) is 13.3. The number of nitriles is 1. The monoisotopic (exact) mass is 368 g/mol. The molecule has 0 heterocycles. The molecule has 0 atom stereocenters. The zero-order chi connectivity index (χ0) is 15.6. The van der Waals surface area contributed by atoms with Crippen LogP contribution in [0.3, 0.4) is 0 Å². The second kappa shape index (κ2) is 5.84. The van der Waals surface area contributed by atoms with Crippen molar-refractivity contribution < 1.29 is 12.8 Å². The molecule has 2 aromatic carbocycles. The number of rotatable bonds is 3. The van der Waals surface area contributed by atoms with Gasteiger partial charge in [-0.1, -0.05) is 0 Å². The molecule has 0 spiro atoms. The van der Waals surface area contributed by atoms with Crippen LogP contribution < -0.4 is 4.72 Å². The second-order valence-corrected chi connectivity index (χ2v) is 6.86. The molecule has 2 rings (SSSR count). The number of nitrogens with one attached hydrogen (secondary N) is 1. The number of nitrogens with zero attached hydrogens (tertiary/aromatic N) is 1. The summed E-state index contributed by atoms with van der Waals surface area (Å²) in [5.41, 5.74) is 1.11. The van der Waals surface area contributed by atoms with Crippen molar-refractivity contribution in [1.82, 2.24) is 0 Å². The van der Waals surface area contributed by atoms with Crippen molar-refractivity contribution in [1.29, 1.82) is 5.26 Å². The van der Waals surface area contributed by atoms with Crippen LogP contribution in [0.5, 0.6) is 0 Å². The fourth-order valence-corrected chi connectivity index (χ4v) is 3.25. The van der Waals surface area contributed by atoms with Gasteiger partial charge in [0.15, 0.2) is 0 Å². The molecular formula is C14H10BrFN2O2S. The van der Waals surface area contributed by atoms with E-state index in [-0.39, 0.29) is 15.1 Å². The molecule has 4 nitrogen and oxygen atoms in total. The van der Waals surface area contributed by atoms with Crippen molar-refractivity contribution in [3.63, 3.8) is 0 Å². The van der Waals surface area contributed by atoms with Crippen molar-refractivity contribution in [3.05, 3.63) is 57.8 Å². The maximum Gasteiger partial charge on any atom is 0.261 e. The van der Waals surface area contributed by atoms with Gasteiger partial charge in [-0.3, -0.25) is 4.72 Å². The molecule has 0 radical (unpaired) electrons. The lowest BCUT2D eigenvalue weighted by atomic mass is 10.2. The Morgan fingerprint density at radius 2 is 1.86 bits per heavy atom. The van der Waals surface area contributed by atoms with Crippen LogP contribution in [0.4, 0.5) is 10.1 Å². The van der Waals surface area contributed by atoms with Crippen LogP contribution in [0.1, 0.15) is 11.1 Å². The van der Waals surface area contributed by atoms with Gasteiger partial charge in [-0.05, 0) is 64.8 Å². The van der Waals surface area contributed by atoms with Gasteiger partial charge in [0, 0.05) is 0 Å². The normalized spacial score (nSPS) is 11.0. The fraction of sp³-hybridized carbons (Fsp3) is 0.0714. The van der Waals surface area contributed by atoms with E-state index >= 15 is 0 Å². The molecule has 0 aliphatic carbocycles. The molecule has 108 valence electrons. The summed E-state index contributed by atoms with van der Waals surface area (Å²) in [6.07, 6.45) is 0. The minimum Gasteiger partial charge on any atom is -0.279 e. The summed E-state index contributed by atoms with van der Waals surface area (Å²) >= 11 is 3.04. The first kappa shape index (κ1) is 15.5. The lowest BCUT2D eigenvalue weighted by molar-refractivity contribution is 0.601. The Balaban J connectivity index is 2.37. The molecular weight excluding hydrogens is 359 g/mol. The molecule has 0 saturated heterocycles. The summed E-state index contributed by atoms with van der Waals surface area (Å²) in [7, 11) is -3.83. The van der Waals surface area contributed by atoms with Gasteiger partial charge in [0.25, 0.3) is 10.0 Å². The third-order valence-electron chi connectivity index (χ3n) is 2.81. The predicted molar refractivity (Wildman–Crippen MR) is 80.8 cm³/mol. The number of hydrogen-bond donors (Lipinski definition) is 1. The molecule has 0 fully saturated rings. The van der Waals surface area contributed by atoms with Crippen LogP contribution in [-0.2, 0) is 10.0 Å². The highest BCUT2D eigenvalue weighted by Gasteiger charge is 2.16. The predicted octanol–water partition coefficient (Wildman–Crippen LogP) is 3.57. The summed E-state index contributed by atoms with van der Waals surface area (Å²) in [6, 6.07) is 9.97. The van der Waals surface area contributed by atoms with Crippen LogP contribution in [0.15, 0.2) is 45.8 Å². The van der Waals surface area contributed by atoms with Crippen molar-refractivity contribution >= 4 is 31.6 Å². The number of anilines is 1. The number of sulfonamides is 1. The van der Waals surface area contributed by atoms with Crippen molar-refractivity contribution in [2.24, 2.45) is 0 Å². The first-order valence-electron chi connectivity index (χ1n) is 5.82. The van der Waals surface area contributed by atoms with Crippen molar-refractivity contribution in [2.45, 2.75) is 11.8 Å². The number of benzene rings is 2. The summed E-state index contributed by atoms with van der Waals surface area (Å²) in [6.45, 7) is 1.67. The highest BCUT2D eigenvalue weighted by molar-refractivity contribution is 9.10. The maximum absolute atomic E-state index is 13.5. The summed E-state index contributed by atoms with van der Waals surface area (Å²) < 4.78 is 40.6. The van der Waals surface area contributed by atoms with Gasteiger partial charge in [0.2, 0.25) is 0 Å². The minimum absolute atomic E-state index is 0.00391. The maximum atomic E-state index is 13.5. The molecule has 0 bridgehead atoms. The van der Waals surface area contributed by atoms with Gasteiger partial charge in [-0.2, -0.15) is 5.26 Å².